The normalized spacial score (nSPS) is 10.9. The van der Waals surface area contributed by atoms with Crippen LogP contribution in [0.2, 0.25) is 0 Å². The molecule has 0 fully saturated rings. The van der Waals surface area contributed by atoms with Gasteiger partial charge in [-0.05, 0) is 6.92 Å². The Labute approximate surface area is 85.1 Å². The second kappa shape index (κ2) is 9.74. The minimum absolute atomic E-state index is 0.295. The summed E-state index contributed by atoms with van der Waals surface area (Å²) in [6, 6.07) is 0. The highest BCUT2D eigenvalue weighted by atomic mass is 16.5. The number of hydrogen-bond donors (Lipinski definition) is 1. The van der Waals surface area contributed by atoms with Crippen LogP contribution in [0.1, 0.15) is 6.92 Å². The second-order valence-corrected chi connectivity index (χ2v) is 2.48. The van der Waals surface area contributed by atoms with Gasteiger partial charge in [-0.25, -0.2) is 4.79 Å². The van der Waals surface area contributed by atoms with Gasteiger partial charge in [0.1, 0.15) is 0 Å². The van der Waals surface area contributed by atoms with Gasteiger partial charge in [0, 0.05) is 19.2 Å². The molecule has 3 nitrogen and oxygen atoms in total. The van der Waals surface area contributed by atoms with Crippen LogP contribution in [0.4, 0.5) is 0 Å². The summed E-state index contributed by atoms with van der Waals surface area (Å²) in [4.78, 5) is 10.8. The largest absolute Gasteiger partial charge is 0.463 e. The third-order valence-electron chi connectivity index (χ3n) is 1.34. The van der Waals surface area contributed by atoms with Crippen molar-refractivity contribution in [3.8, 4) is 0 Å². The van der Waals surface area contributed by atoms with E-state index in [9.17, 15) is 4.79 Å². The minimum atomic E-state index is -0.295. The highest BCUT2D eigenvalue weighted by molar-refractivity contribution is 5.81. The summed E-state index contributed by atoms with van der Waals surface area (Å²) < 4.78 is 4.71. The van der Waals surface area contributed by atoms with Gasteiger partial charge in [0.25, 0.3) is 0 Å². The van der Waals surface area contributed by atoms with Crippen molar-refractivity contribution in [1.82, 2.24) is 5.32 Å². The van der Waals surface area contributed by atoms with Crippen LogP contribution in [0.15, 0.2) is 37.0 Å². The molecule has 0 bridgehead atoms. The summed E-state index contributed by atoms with van der Waals surface area (Å²) in [5, 5.41) is 3.09. The zero-order valence-corrected chi connectivity index (χ0v) is 8.53. The molecular formula is C11H17NO2. The SMILES string of the molecule is C=C/C=C/CNC/C=C/C(=O)OCC. The minimum Gasteiger partial charge on any atom is -0.463 e. The number of hydrogen-bond acceptors (Lipinski definition) is 3. The van der Waals surface area contributed by atoms with Crippen LogP contribution in [-0.4, -0.2) is 25.7 Å². The van der Waals surface area contributed by atoms with Crippen LogP contribution >= 0.6 is 0 Å². The Morgan fingerprint density at radius 3 is 2.79 bits per heavy atom. The molecule has 0 unspecified atom stereocenters. The predicted octanol–water partition coefficient (Wildman–Crippen LogP) is 1.44. The van der Waals surface area contributed by atoms with Gasteiger partial charge >= 0.3 is 5.97 Å². The Morgan fingerprint density at radius 1 is 1.43 bits per heavy atom. The number of carbonyl (C=O) groups is 1. The molecule has 0 aromatic heterocycles. The molecule has 0 rings (SSSR count). The molecule has 14 heavy (non-hydrogen) atoms. The lowest BCUT2D eigenvalue weighted by molar-refractivity contribution is -0.137. The zero-order chi connectivity index (χ0) is 10.6. The van der Waals surface area contributed by atoms with Gasteiger partial charge in [-0.15, -0.1) is 0 Å². The maximum Gasteiger partial charge on any atom is 0.330 e. The van der Waals surface area contributed by atoms with Crippen LogP contribution in [0.25, 0.3) is 0 Å². The average Bonchev–Trinajstić information content (AvgIpc) is 2.17. The van der Waals surface area contributed by atoms with Crippen molar-refractivity contribution in [3.05, 3.63) is 37.0 Å². The van der Waals surface area contributed by atoms with Gasteiger partial charge in [0.15, 0.2) is 0 Å². The van der Waals surface area contributed by atoms with Crippen molar-refractivity contribution < 1.29 is 9.53 Å². The second-order valence-electron chi connectivity index (χ2n) is 2.48. The van der Waals surface area contributed by atoms with E-state index in [1.165, 1.54) is 6.08 Å². The molecule has 0 aromatic carbocycles. The van der Waals surface area contributed by atoms with Gasteiger partial charge in [-0.1, -0.05) is 30.9 Å². The Kier molecular flexibility index (Phi) is 8.80. The number of allylic oxidation sites excluding steroid dienone is 2. The monoisotopic (exact) mass is 195 g/mol. The van der Waals surface area contributed by atoms with E-state index < -0.39 is 0 Å². The number of ether oxygens (including phenoxy) is 1. The fourth-order valence-corrected chi connectivity index (χ4v) is 0.760. The van der Waals surface area contributed by atoms with Gasteiger partial charge in [0.2, 0.25) is 0 Å². The number of esters is 1. The maximum atomic E-state index is 10.8. The molecule has 0 radical (unpaired) electrons. The lowest BCUT2D eigenvalue weighted by atomic mass is 10.4. The van der Waals surface area contributed by atoms with Gasteiger partial charge < -0.3 is 10.1 Å². The molecule has 3 heteroatoms. The van der Waals surface area contributed by atoms with Gasteiger partial charge in [0.05, 0.1) is 6.61 Å². The highest BCUT2D eigenvalue weighted by Gasteiger charge is 1.90. The first kappa shape index (κ1) is 12.7. The standard InChI is InChI=1S/C11H17NO2/c1-3-5-6-9-12-10-7-8-11(13)14-4-2/h3,5-8,12H,1,4,9-10H2,2H3/b6-5+,8-7+. The van der Waals surface area contributed by atoms with Crippen LogP contribution < -0.4 is 5.32 Å². The molecule has 0 aliphatic carbocycles. The molecule has 1 N–H and O–H groups in total. The number of nitrogens with one attached hydrogen (secondary N) is 1. The van der Waals surface area contributed by atoms with E-state index in [2.05, 4.69) is 11.9 Å². The van der Waals surface area contributed by atoms with Crippen molar-refractivity contribution in [2.45, 2.75) is 6.92 Å². The van der Waals surface area contributed by atoms with E-state index in [0.29, 0.717) is 13.2 Å². The topological polar surface area (TPSA) is 38.3 Å². The highest BCUT2D eigenvalue weighted by Crippen LogP contribution is 1.80. The van der Waals surface area contributed by atoms with Crippen molar-refractivity contribution in [1.29, 1.82) is 0 Å². The molecule has 0 saturated heterocycles. The maximum absolute atomic E-state index is 10.8. The molecule has 0 atom stereocenters. The molecule has 78 valence electrons. The summed E-state index contributed by atoms with van der Waals surface area (Å²) in [5.74, 6) is -0.295. The molecule has 0 aromatic rings. The summed E-state index contributed by atoms with van der Waals surface area (Å²) in [7, 11) is 0. The van der Waals surface area contributed by atoms with Gasteiger partial charge in [-0.2, -0.15) is 0 Å². The lowest BCUT2D eigenvalue weighted by Crippen LogP contribution is -2.13. The molecule has 0 saturated carbocycles. The number of carbonyl (C=O) groups excluding carboxylic acids is 1. The van der Waals surface area contributed by atoms with Crippen LogP contribution in [0.3, 0.4) is 0 Å². The van der Waals surface area contributed by atoms with Crippen molar-refractivity contribution in [2.75, 3.05) is 19.7 Å². The smallest absolute Gasteiger partial charge is 0.330 e. The first-order chi connectivity index (χ1) is 6.81. The number of rotatable bonds is 7. The van der Waals surface area contributed by atoms with Crippen molar-refractivity contribution >= 4 is 5.97 Å². The fourth-order valence-electron chi connectivity index (χ4n) is 0.760. The van der Waals surface area contributed by atoms with Crippen LogP contribution in [0.5, 0.6) is 0 Å². The zero-order valence-electron chi connectivity index (χ0n) is 8.53. The van der Waals surface area contributed by atoms with Crippen LogP contribution in [-0.2, 0) is 9.53 Å². The summed E-state index contributed by atoms with van der Waals surface area (Å²) in [6.07, 6.45) is 8.69. The molecule has 0 aliphatic heterocycles. The molecule has 0 heterocycles. The third-order valence-corrected chi connectivity index (χ3v) is 1.34. The first-order valence-corrected chi connectivity index (χ1v) is 4.62. The summed E-state index contributed by atoms with van der Waals surface area (Å²) in [6.45, 7) is 7.16. The molecular weight excluding hydrogens is 178 g/mol. The van der Waals surface area contributed by atoms with Gasteiger partial charge in [-0.3, -0.25) is 0 Å². The van der Waals surface area contributed by atoms with E-state index in [0.717, 1.165) is 6.54 Å². The Bertz CT molecular complexity index is 219. The van der Waals surface area contributed by atoms with E-state index in [4.69, 9.17) is 4.74 Å². The van der Waals surface area contributed by atoms with Crippen molar-refractivity contribution in [2.24, 2.45) is 0 Å². The summed E-state index contributed by atoms with van der Waals surface area (Å²) >= 11 is 0. The quantitative estimate of drug-likeness (QED) is 0.289. The first-order valence-electron chi connectivity index (χ1n) is 4.62. The van der Waals surface area contributed by atoms with E-state index in [1.54, 1.807) is 19.1 Å². The molecule has 0 aliphatic rings. The van der Waals surface area contributed by atoms with E-state index in [-0.39, 0.29) is 5.97 Å². The molecule has 0 amide bonds. The Hall–Kier alpha value is -1.35. The molecule has 0 spiro atoms. The predicted molar refractivity (Wildman–Crippen MR) is 58.0 cm³/mol. The van der Waals surface area contributed by atoms with Crippen molar-refractivity contribution in [3.63, 3.8) is 0 Å². The summed E-state index contributed by atoms with van der Waals surface area (Å²) in [5.41, 5.74) is 0. The Morgan fingerprint density at radius 2 is 2.14 bits per heavy atom. The lowest BCUT2D eigenvalue weighted by Gasteiger charge is -1.96. The third kappa shape index (κ3) is 8.74. The fraction of sp³-hybridized carbons (Fsp3) is 0.364. The Balaban J connectivity index is 3.39. The van der Waals surface area contributed by atoms with E-state index >= 15 is 0 Å². The average molecular weight is 195 g/mol. The van der Waals surface area contributed by atoms with E-state index in [1.807, 2.05) is 12.2 Å². The van der Waals surface area contributed by atoms with Crippen LogP contribution in [0, 0.1) is 0 Å².